The number of aromatic hydroxyl groups is 1. The molecule has 3 heterocycles. The van der Waals surface area contributed by atoms with Crippen LogP contribution in [0.4, 0.5) is 11.6 Å². The van der Waals surface area contributed by atoms with E-state index in [-0.39, 0.29) is 17.7 Å². The van der Waals surface area contributed by atoms with Crippen LogP contribution in [0.1, 0.15) is 6.92 Å². The van der Waals surface area contributed by atoms with Gasteiger partial charge in [0.1, 0.15) is 5.75 Å². The van der Waals surface area contributed by atoms with Crippen LogP contribution in [0.25, 0.3) is 0 Å². The average molecular weight is 396 g/mol. The summed E-state index contributed by atoms with van der Waals surface area (Å²) in [5.41, 5.74) is 1.11. The van der Waals surface area contributed by atoms with Crippen LogP contribution >= 0.6 is 0 Å². The van der Waals surface area contributed by atoms with Gasteiger partial charge in [0.25, 0.3) is 0 Å². The molecule has 1 aromatic heterocycles. The zero-order chi connectivity index (χ0) is 20.2. The topological polar surface area (TPSA) is 76.0 Å². The first-order valence-corrected chi connectivity index (χ1v) is 10.2. The van der Waals surface area contributed by atoms with Gasteiger partial charge >= 0.3 is 0 Å². The number of benzene rings is 1. The zero-order valence-electron chi connectivity index (χ0n) is 16.8. The summed E-state index contributed by atoms with van der Waals surface area (Å²) in [7, 11) is 0. The van der Waals surface area contributed by atoms with Crippen molar-refractivity contribution in [2.24, 2.45) is 0 Å². The molecule has 29 heavy (non-hydrogen) atoms. The second-order valence-electron chi connectivity index (χ2n) is 7.58. The largest absolute Gasteiger partial charge is 0.508 e. The third-order valence-corrected chi connectivity index (χ3v) is 5.86. The lowest BCUT2D eigenvalue weighted by molar-refractivity contribution is -0.136. The van der Waals surface area contributed by atoms with Crippen molar-refractivity contribution in [1.82, 2.24) is 19.8 Å². The molecule has 154 valence electrons. The predicted octanol–water partition coefficient (Wildman–Crippen LogP) is 1.04. The fraction of sp³-hybridized carbons (Fsp3) is 0.476. The normalized spacial score (nSPS) is 19.3. The third kappa shape index (κ3) is 4.42. The molecule has 1 aromatic carbocycles. The molecule has 0 radical (unpaired) electrons. The van der Waals surface area contributed by atoms with Crippen molar-refractivity contribution in [2.45, 2.75) is 13.0 Å². The highest BCUT2D eigenvalue weighted by Crippen LogP contribution is 2.21. The summed E-state index contributed by atoms with van der Waals surface area (Å²) in [6.07, 6.45) is 3.50. The molecule has 1 unspecified atom stereocenters. The smallest absolute Gasteiger partial charge is 0.239 e. The predicted molar refractivity (Wildman–Crippen MR) is 112 cm³/mol. The number of nitrogens with zero attached hydrogens (tertiary/aromatic N) is 6. The molecule has 1 amide bonds. The fourth-order valence-electron chi connectivity index (χ4n) is 4.03. The Balaban J connectivity index is 1.27. The van der Waals surface area contributed by atoms with Crippen LogP contribution in [-0.4, -0.2) is 89.2 Å². The number of carbonyl (C=O) groups is 1. The highest BCUT2D eigenvalue weighted by atomic mass is 16.3. The van der Waals surface area contributed by atoms with Crippen molar-refractivity contribution in [3.63, 3.8) is 0 Å². The standard InChI is InChI=1S/C21H28N6O2/c1-17(24-9-11-25(12-10-24)18-3-5-19(28)6-4-18)20(29)26-13-15-27(16-14-26)21-22-7-2-8-23-21/h2-8,17,28H,9-16H2,1H3. The van der Waals surface area contributed by atoms with E-state index in [4.69, 9.17) is 0 Å². The Labute approximate surface area is 171 Å². The van der Waals surface area contributed by atoms with E-state index in [2.05, 4.69) is 24.7 Å². The summed E-state index contributed by atoms with van der Waals surface area (Å²) >= 11 is 0. The van der Waals surface area contributed by atoms with Crippen molar-refractivity contribution in [3.8, 4) is 5.75 Å². The third-order valence-electron chi connectivity index (χ3n) is 5.86. The van der Waals surface area contributed by atoms with Gasteiger partial charge in [0.05, 0.1) is 6.04 Å². The molecule has 0 spiro atoms. The van der Waals surface area contributed by atoms with Gasteiger partial charge in [-0.25, -0.2) is 9.97 Å². The molecule has 1 N–H and O–H groups in total. The Kier molecular flexibility index (Phi) is 5.80. The molecule has 2 fully saturated rings. The molecule has 2 aliphatic heterocycles. The van der Waals surface area contributed by atoms with Crippen LogP contribution in [0.3, 0.4) is 0 Å². The number of anilines is 2. The van der Waals surface area contributed by atoms with Crippen LogP contribution in [0.2, 0.25) is 0 Å². The van der Waals surface area contributed by atoms with Gasteiger partial charge in [0.15, 0.2) is 0 Å². The number of hydrogen-bond donors (Lipinski definition) is 1. The van der Waals surface area contributed by atoms with E-state index >= 15 is 0 Å². The highest BCUT2D eigenvalue weighted by Gasteiger charge is 2.31. The molecule has 2 aromatic rings. The van der Waals surface area contributed by atoms with E-state index in [0.29, 0.717) is 13.1 Å². The van der Waals surface area contributed by atoms with Crippen molar-refractivity contribution in [2.75, 3.05) is 62.2 Å². The van der Waals surface area contributed by atoms with Gasteiger partial charge in [-0.05, 0) is 37.3 Å². The van der Waals surface area contributed by atoms with Crippen molar-refractivity contribution in [1.29, 1.82) is 0 Å². The van der Waals surface area contributed by atoms with Crippen LogP contribution in [0, 0.1) is 0 Å². The van der Waals surface area contributed by atoms with Gasteiger partial charge in [0, 0.05) is 70.4 Å². The quantitative estimate of drug-likeness (QED) is 0.828. The maximum atomic E-state index is 13.0. The molecule has 8 heteroatoms. The van der Waals surface area contributed by atoms with E-state index in [1.807, 2.05) is 30.0 Å². The molecule has 4 rings (SSSR count). The number of piperazine rings is 2. The zero-order valence-corrected chi connectivity index (χ0v) is 16.8. The number of aromatic nitrogens is 2. The summed E-state index contributed by atoms with van der Waals surface area (Å²) in [6.45, 7) is 8.41. The number of phenolic OH excluding ortho intramolecular Hbond substituents is 1. The van der Waals surface area contributed by atoms with Crippen LogP contribution in [0.15, 0.2) is 42.7 Å². The summed E-state index contributed by atoms with van der Waals surface area (Å²) < 4.78 is 0. The number of rotatable bonds is 4. The summed E-state index contributed by atoms with van der Waals surface area (Å²) in [5.74, 6) is 1.22. The monoisotopic (exact) mass is 396 g/mol. The van der Waals surface area contributed by atoms with E-state index in [0.717, 1.165) is 50.9 Å². The molecule has 8 nitrogen and oxygen atoms in total. The molecular weight excluding hydrogens is 368 g/mol. The minimum atomic E-state index is -0.114. The van der Waals surface area contributed by atoms with Gasteiger partial charge < -0.3 is 19.8 Å². The van der Waals surface area contributed by atoms with Gasteiger partial charge in [-0.2, -0.15) is 0 Å². The van der Waals surface area contributed by atoms with E-state index in [1.165, 1.54) is 0 Å². The maximum Gasteiger partial charge on any atom is 0.239 e. The van der Waals surface area contributed by atoms with Crippen LogP contribution < -0.4 is 9.80 Å². The number of phenols is 1. The van der Waals surface area contributed by atoms with Gasteiger partial charge in [-0.3, -0.25) is 9.69 Å². The van der Waals surface area contributed by atoms with Crippen molar-refractivity contribution < 1.29 is 9.90 Å². The Morgan fingerprint density at radius 1 is 0.897 bits per heavy atom. The first-order chi connectivity index (χ1) is 14.1. The number of carbonyl (C=O) groups excluding carboxylic acids is 1. The number of hydrogen-bond acceptors (Lipinski definition) is 7. The van der Waals surface area contributed by atoms with Crippen LogP contribution in [0.5, 0.6) is 5.75 Å². The average Bonchev–Trinajstić information content (AvgIpc) is 2.79. The van der Waals surface area contributed by atoms with E-state index < -0.39 is 0 Å². The SMILES string of the molecule is CC(C(=O)N1CCN(c2ncccn2)CC1)N1CCN(c2ccc(O)cc2)CC1. The molecule has 0 bridgehead atoms. The summed E-state index contributed by atoms with van der Waals surface area (Å²) in [4.78, 5) is 30.3. The Hall–Kier alpha value is -2.87. The molecule has 0 saturated carbocycles. The molecule has 2 aliphatic rings. The second-order valence-corrected chi connectivity index (χ2v) is 7.58. The van der Waals surface area contributed by atoms with Gasteiger partial charge in [-0.1, -0.05) is 0 Å². The minimum Gasteiger partial charge on any atom is -0.508 e. The molecule has 2 saturated heterocycles. The molecule has 1 atom stereocenters. The summed E-state index contributed by atoms with van der Waals surface area (Å²) in [5, 5.41) is 9.46. The van der Waals surface area contributed by atoms with Gasteiger partial charge in [-0.15, -0.1) is 0 Å². The number of amides is 1. The fourth-order valence-corrected chi connectivity index (χ4v) is 4.03. The Morgan fingerprint density at radius 2 is 1.48 bits per heavy atom. The van der Waals surface area contributed by atoms with Crippen LogP contribution in [-0.2, 0) is 4.79 Å². The lowest BCUT2D eigenvalue weighted by Crippen LogP contribution is -2.57. The first-order valence-electron chi connectivity index (χ1n) is 10.2. The second kappa shape index (κ2) is 8.65. The van der Waals surface area contributed by atoms with Crippen molar-refractivity contribution >= 4 is 17.5 Å². The summed E-state index contributed by atoms with van der Waals surface area (Å²) in [6, 6.07) is 9.01. The first kappa shape index (κ1) is 19.4. The van der Waals surface area contributed by atoms with Gasteiger partial charge in [0.2, 0.25) is 11.9 Å². The molecular formula is C21H28N6O2. The lowest BCUT2D eigenvalue weighted by Gasteiger charge is -2.41. The van der Waals surface area contributed by atoms with E-state index in [1.54, 1.807) is 24.5 Å². The maximum absolute atomic E-state index is 13.0. The van der Waals surface area contributed by atoms with E-state index in [9.17, 15) is 9.90 Å². The lowest BCUT2D eigenvalue weighted by atomic mass is 10.1. The highest BCUT2D eigenvalue weighted by molar-refractivity contribution is 5.81. The minimum absolute atomic E-state index is 0.114. The van der Waals surface area contributed by atoms with Crippen molar-refractivity contribution in [3.05, 3.63) is 42.7 Å². The molecule has 0 aliphatic carbocycles. The Morgan fingerprint density at radius 3 is 2.10 bits per heavy atom. The Bertz CT molecular complexity index is 800.